The molecule has 172 valence electrons. The number of para-hydroxylation sites is 1. The van der Waals surface area contributed by atoms with E-state index in [0.717, 1.165) is 53.0 Å². The first-order chi connectivity index (χ1) is 16.1. The van der Waals surface area contributed by atoms with Gasteiger partial charge in [-0.25, -0.2) is 0 Å². The van der Waals surface area contributed by atoms with Crippen LogP contribution in [0, 0.1) is 6.92 Å². The van der Waals surface area contributed by atoms with Crippen molar-refractivity contribution in [2.24, 2.45) is 0 Å². The Morgan fingerprint density at radius 3 is 2.91 bits per heavy atom. The van der Waals surface area contributed by atoms with Crippen molar-refractivity contribution < 1.29 is 14.2 Å². The van der Waals surface area contributed by atoms with Crippen molar-refractivity contribution in [3.8, 4) is 11.5 Å². The summed E-state index contributed by atoms with van der Waals surface area (Å²) in [6.45, 7) is 4.59. The van der Waals surface area contributed by atoms with Crippen LogP contribution in [0.3, 0.4) is 0 Å². The zero-order chi connectivity index (χ0) is 22.8. The van der Waals surface area contributed by atoms with Gasteiger partial charge in [0.15, 0.2) is 16.6 Å². The molecule has 2 aromatic carbocycles. The van der Waals surface area contributed by atoms with Crippen molar-refractivity contribution in [1.29, 1.82) is 0 Å². The standard InChI is InChI=1S/C25H27N3O4S/c1-16-4-2-5-18-11-19(24(29)27-23(16)18)14-28(25(33)26-12-20-6-3-9-30-20)13-17-7-8-21-22(10-17)32-15-31-21/h2,4-5,7-8,10-11,20H,3,6,9,12-15H2,1H3,(H,26,33)(H,27,29)/t20-/m1/s1. The van der Waals surface area contributed by atoms with Crippen LogP contribution in [0.5, 0.6) is 11.5 Å². The average Bonchev–Trinajstić information content (AvgIpc) is 3.50. The number of ether oxygens (including phenoxy) is 3. The Morgan fingerprint density at radius 1 is 1.18 bits per heavy atom. The number of hydrogen-bond acceptors (Lipinski definition) is 5. The maximum absolute atomic E-state index is 12.9. The number of pyridine rings is 1. The third-order valence-electron chi connectivity index (χ3n) is 6.13. The molecular formula is C25H27N3O4S. The molecule has 5 rings (SSSR count). The molecule has 3 heterocycles. The minimum Gasteiger partial charge on any atom is -0.454 e. The largest absolute Gasteiger partial charge is 0.454 e. The maximum Gasteiger partial charge on any atom is 0.253 e. The van der Waals surface area contributed by atoms with E-state index in [4.69, 9.17) is 26.4 Å². The molecule has 0 unspecified atom stereocenters. The van der Waals surface area contributed by atoms with Gasteiger partial charge in [0.1, 0.15) is 0 Å². The number of aromatic amines is 1. The fourth-order valence-corrected chi connectivity index (χ4v) is 4.54. The smallest absolute Gasteiger partial charge is 0.253 e. The summed E-state index contributed by atoms with van der Waals surface area (Å²) in [7, 11) is 0. The molecule has 0 aliphatic carbocycles. The number of nitrogens with zero attached hydrogens (tertiary/aromatic N) is 1. The molecule has 1 saturated heterocycles. The first kappa shape index (κ1) is 21.7. The molecule has 2 aliphatic heterocycles. The van der Waals surface area contributed by atoms with E-state index in [2.05, 4.69) is 10.3 Å². The highest BCUT2D eigenvalue weighted by Crippen LogP contribution is 2.33. The van der Waals surface area contributed by atoms with Crippen molar-refractivity contribution in [3.63, 3.8) is 0 Å². The summed E-state index contributed by atoms with van der Waals surface area (Å²) in [5.74, 6) is 1.47. The van der Waals surface area contributed by atoms with Crippen molar-refractivity contribution in [1.82, 2.24) is 15.2 Å². The van der Waals surface area contributed by atoms with E-state index in [9.17, 15) is 4.79 Å². The van der Waals surface area contributed by atoms with Crippen molar-refractivity contribution >= 4 is 28.2 Å². The van der Waals surface area contributed by atoms with Gasteiger partial charge in [0.25, 0.3) is 5.56 Å². The van der Waals surface area contributed by atoms with Gasteiger partial charge in [-0.15, -0.1) is 0 Å². The number of H-pyrrole nitrogens is 1. The van der Waals surface area contributed by atoms with E-state index in [1.165, 1.54) is 0 Å². The Hall–Kier alpha value is -3.10. The number of fused-ring (bicyclic) bond motifs is 2. The number of aromatic nitrogens is 1. The Bertz CT molecular complexity index is 1240. The minimum absolute atomic E-state index is 0.102. The fraction of sp³-hybridized carbons (Fsp3) is 0.360. The van der Waals surface area contributed by atoms with Crippen LogP contribution in [0.1, 0.15) is 29.5 Å². The maximum atomic E-state index is 12.9. The van der Waals surface area contributed by atoms with Gasteiger partial charge in [0.2, 0.25) is 6.79 Å². The third-order valence-corrected chi connectivity index (χ3v) is 6.53. The summed E-state index contributed by atoms with van der Waals surface area (Å²) in [6.07, 6.45) is 2.27. The van der Waals surface area contributed by atoms with Crippen molar-refractivity contribution in [3.05, 3.63) is 69.5 Å². The zero-order valence-electron chi connectivity index (χ0n) is 18.6. The molecule has 0 amide bonds. The van der Waals surface area contributed by atoms with E-state index < -0.39 is 0 Å². The van der Waals surface area contributed by atoms with E-state index in [1.807, 2.05) is 54.3 Å². The molecule has 0 bridgehead atoms. The molecule has 0 radical (unpaired) electrons. The molecule has 3 aromatic rings. The van der Waals surface area contributed by atoms with Crippen LogP contribution < -0.4 is 20.3 Å². The summed E-state index contributed by atoms with van der Waals surface area (Å²) in [5.41, 5.74) is 3.49. The minimum atomic E-state index is -0.102. The summed E-state index contributed by atoms with van der Waals surface area (Å²) in [6, 6.07) is 13.8. The number of thiocarbonyl (C=S) groups is 1. The molecule has 8 heteroatoms. The normalized spacial score (nSPS) is 16.8. The SMILES string of the molecule is Cc1cccc2cc(CN(Cc3ccc4c(c3)OCO4)C(=S)NC[C@H]3CCCO3)c(=O)[nH]c12. The lowest BCUT2D eigenvalue weighted by Gasteiger charge is -2.27. The van der Waals surface area contributed by atoms with E-state index in [-0.39, 0.29) is 18.5 Å². The van der Waals surface area contributed by atoms with Crippen LogP contribution in [-0.4, -0.2) is 41.0 Å². The van der Waals surface area contributed by atoms with Crippen LogP contribution in [-0.2, 0) is 17.8 Å². The van der Waals surface area contributed by atoms with Gasteiger partial charge in [0, 0.05) is 25.3 Å². The Balaban J connectivity index is 1.40. The lowest BCUT2D eigenvalue weighted by atomic mass is 10.1. The predicted octanol–water partition coefficient (Wildman–Crippen LogP) is 3.62. The van der Waals surface area contributed by atoms with Gasteiger partial charge in [-0.3, -0.25) is 4.79 Å². The summed E-state index contributed by atoms with van der Waals surface area (Å²) >= 11 is 5.76. The van der Waals surface area contributed by atoms with Crippen LogP contribution in [0.15, 0.2) is 47.3 Å². The van der Waals surface area contributed by atoms with Gasteiger partial charge in [-0.05, 0) is 66.7 Å². The molecule has 1 fully saturated rings. The Kier molecular flexibility index (Phi) is 6.20. The van der Waals surface area contributed by atoms with E-state index >= 15 is 0 Å². The molecule has 7 nitrogen and oxygen atoms in total. The Labute approximate surface area is 197 Å². The summed E-state index contributed by atoms with van der Waals surface area (Å²) < 4.78 is 16.7. The number of rotatable bonds is 6. The summed E-state index contributed by atoms with van der Waals surface area (Å²) in [5, 5.41) is 4.94. The molecular weight excluding hydrogens is 438 g/mol. The molecule has 1 aromatic heterocycles. The fourth-order valence-electron chi connectivity index (χ4n) is 4.33. The number of benzene rings is 2. The second-order valence-corrected chi connectivity index (χ2v) is 8.91. The number of nitrogens with one attached hydrogen (secondary N) is 2. The predicted molar refractivity (Wildman–Crippen MR) is 131 cm³/mol. The number of hydrogen-bond donors (Lipinski definition) is 2. The highest BCUT2D eigenvalue weighted by atomic mass is 32.1. The number of aryl methyl sites for hydroxylation is 1. The molecule has 2 N–H and O–H groups in total. The topological polar surface area (TPSA) is 75.8 Å². The third kappa shape index (κ3) is 4.82. The lowest BCUT2D eigenvalue weighted by Crippen LogP contribution is -2.42. The molecule has 33 heavy (non-hydrogen) atoms. The first-order valence-corrected chi connectivity index (χ1v) is 11.6. The van der Waals surface area contributed by atoms with Crippen molar-refractivity contribution in [2.45, 2.75) is 39.0 Å². The van der Waals surface area contributed by atoms with Crippen LogP contribution in [0.2, 0.25) is 0 Å². The molecule has 2 aliphatic rings. The van der Waals surface area contributed by atoms with E-state index in [1.54, 1.807) is 0 Å². The van der Waals surface area contributed by atoms with Crippen LogP contribution in [0.4, 0.5) is 0 Å². The van der Waals surface area contributed by atoms with Crippen LogP contribution >= 0.6 is 12.2 Å². The van der Waals surface area contributed by atoms with Crippen molar-refractivity contribution in [2.75, 3.05) is 19.9 Å². The lowest BCUT2D eigenvalue weighted by molar-refractivity contribution is 0.113. The molecule has 0 spiro atoms. The van der Waals surface area contributed by atoms with Gasteiger partial charge < -0.3 is 29.4 Å². The monoisotopic (exact) mass is 465 g/mol. The second-order valence-electron chi connectivity index (χ2n) is 8.53. The Morgan fingerprint density at radius 2 is 2.06 bits per heavy atom. The summed E-state index contributed by atoms with van der Waals surface area (Å²) in [4.78, 5) is 18.0. The van der Waals surface area contributed by atoms with Gasteiger partial charge in [-0.1, -0.05) is 24.3 Å². The van der Waals surface area contributed by atoms with Gasteiger partial charge in [0.05, 0.1) is 18.2 Å². The molecule has 1 atom stereocenters. The van der Waals surface area contributed by atoms with Crippen LogP contribution in [0.25, 0.3) is 10.9 Å². The average molecular weight is 466 g/mol. The first-order valence-electron chi connectivity index (χ1n) is 11.2. The van der Waals surface area contributed by atoms with Gasteiger partial charge >= 0.3 is 0 Å². The second kappa shape index (κ2) is 9.41. The van der Waals surface area contributed by atoms with E-state index in [0.29, 0.717) is 30.3 Å². The highest BCUT2D eigenvalue weighted by molar-refractivity contribution is 7.80. The molecule has 0 saturated carbocycles. The van der Waals surface area contributed by atoms with Gasteiger partial charge in [-0.2, -0.15) is 0 Å². The quantitative estimate of drug-likeness (QED) is 0.539. The highest BCUT2D eigenvalue weighted by Gasteiger charge is 2.20. The zero-order valence-corrected chi connectivity index (χ0v) is 19.4.